The van der Waals surface area contributed by atoms with E-state index >= 15 is 0 Å². The maximum absolute atomic E-state index is 10.5. The number of hydrogen-bond acceptors (Lipinski definition) is 2. The van der Waals surface area contributed by atoms with E-state index in [-0.39, 0.29) is 21.1 Å². The molecule has 1 atom stereocenters. The van der Waals surface area contributed by atoms with Crippen LogP contribution in [0.15, 0.2) is 35.9 Å². The van der Waals surface area contributed by atoms with Crippen LogP contribution in [0.5, 0.6) is 0 Å². The number of carbonyl (C=O) groups excluding carboxylic acids is 1. The third kappa shape index (κ3) is 2.61. The summed E-state index contributed by atoms with van der Waals surface area (Å²) in [5.41, 5.74) is 0.815. The summed E-state index contributed by atoms with van der Waals surface area (Å²) in [6.45, 7) is 0. The molecule has 1 aliphatic carbocycles. The number of allylic oxidation sites excluding steroid dienone is 4. The van der Waals surface area contributed by atoms with E-state index in [2.05, 4.69) is 23.1 Å². The average molecular weight is 323 g/mol. The zero-order chi connectivity index (χ0) is 10.7. The minimum atomic E-state index is -0.267. The van der Waals surface area contributed by atoms with E-state index in [4.69, 9.17) is 0 Å². The van der Waals surface area contributed by atoms with E-state index in [9.17, 15) is 4.79 Å². The Balaban J connectivity index is 2.11. The van der Waals surface area contributed by atoms with Crippen LogP contribution in [0, 0.1) is 0 Å². The third-order valence-electron chi connectivity index (χ3n) is 2.50. The van der Waals surface area contributed by atoms with Gasteiger partial charge in [0.1, 0.15) is 0 Å². The molecule has 0 spiro atoms. The first-order valence-electron chi connectivity index (χ1n) is 4.94. The maximum atomic E-state index is 10.5. The fourth-order valence-corrected chi connectivity index (χ4v) is 5.17. The van der Waals surface area contributed by atoms with Crippen LogP contribution in [-0.2, 0) is 4.79 Å². The summed E-state index contributed by atoms with van der Waals surface area (Å²) in [6, 6.07) is 4.53. The minimum absolute atomic E-state index is 0.267. The molecule has 1 nitrogen and oxygen atoms in total. The number of hydrogen-bond donors (Lipinski definition) is 0. The monoisotopic (exact) mass is 324 g/mol. The number of thiophene rings is 1. The first-order chi connectivity index (χ1) is 7.33. The molecule has 76 valence electrons. The second kappa shape index (κ2) is 5.12. The van der Waals surface area contributed by atoms with Crippen molar-refractivity contribution in [2.24, 2.45) is 0 Å². The molecule has 0 amide bonds. The molecule has 3 heteroatoms. The van der Waals surface area contributed by atoms with E-state index in [0.29, 0.717) is 5.92 Å². The summed E-state index contributed by atoms with van der Waals surface area (Å²) in [6.07, 6.45) is 8.02. The first-order valence-corrected chi connectivity index (χ1v) is 10.0. The van der Waals surface area contributed by atoms with Crippen molar-refractivity contribution >= 4 is 41.7 Å². The van der Waals surface area contributed by atoms with Gasteiger partial charge in [0.05, 0.1) is 0 Å². The Morgan fingerprint density at radius 1 is 1.53 bits per heavy atom. The molecular formula is C12H12OSSn. The molecule has 2 rings (SSSR count). The van der Waals surface area contributed by atoms with Gasteiger partial charge in [0.15, 0.2) is 0 Å². The van der Waals surface area contributed by atoms with E-state index in [0.717, 1.165) is 18.3 Å². The van der Waals surface area contributed by atoms with Crippen molar-refractivity contribution in [3.63, 3.8) is 0 Å². The zero-order valence-electron chi connectivity index (χ0n) is 8.57. The van der Waals surface area contributed by atoms with Crippen molar-refractivity contribution in [1.29, 1.82) is 0 Å². The van der Waals surface area contributed by atoms with Crippen LogP contribution in [0.1, 0.15) is 17.2 Å². The molecule has 0 bridgehead atoms. The van der Waals surface area contributed by atoms with Crippen LogP contribution < -0.4 is 2.89 Å². The number of carbonyl (C=O) groups is 1. The quantitative estimate of drug-likeness (QED) is 0.616. The molecule has 0 aliphatic heterocycles. The van der Waals surface area contributed by atoms with Crippen molar-refractivity contribution in [2.45, 2.75) is 17.3 Å². The Morgan fingerprint density at radius 3 is 2.93 bits per heavy atom. The summed E-state index contributed by atoms with van der Waals surface area (Å²) in [5.74, 6) is 0.498. The van der Waals surface area contributed by atoms with Crippen LogP contribution in [0.2, 0.25) is 4.94 Å². The molecule has 0 fully saturated rings. The van der Waals surface area contributed by atoms with Crippen molar-refractivity contribution < 1.29 is 4.79 Å². The predicted molar refractivity (Wildman–Crippen MR) is 66.2 cm³/mol. The molecule has 1 aliphatic rings. The molecule has 15 heavy (non-hydrogen) atoms. The van der Waals surface area contributed by atoms with Gasteiger partial charge in [-0.05, 0) is 0 Å². The standard InChI is InChI=1S/C11H9OS.CH3.Sn/c12-8-9-3-5-10(6-4-9)11-2-1-7-13-11;;/h1-5,8,10H,6H2;1H3;. The van der Waals surface area contributed by atoms with Gasteiger partial charge in [0.25, 0.3) is 0 Å². The normalized spacial score (nSPS) is 20.1. The fraction of sp³-hybridized carbons (Fsp3) is 0.250. The Hall–Kier alpha value is -0.351. The molecule has 1 heterocycles. The molecule has 0 saturated heterocycles. The molecule has 1 aromatic rings. The van der Waals surface area contributed by atoms with E-state index in [1.807, 2.05) is 23.5 Å². The molecule has 1 aromatic heterocycles. The van der Waals surface area contributed by atoms with Crippen molar-refractivity contribution in [1.82, 2.24) is 0 Å². The Kier molecular flexibility index (Phi) is 3.80. The van der Waals surface area contributed by atoms with Crippen molar-refractivity contribution in [2.75, 3.05) is 0 Å². The molecule has 0 aromatic carbocycles. The van der Waals surface area contributed by atoms with Gasteiger partial charge < -0.3 is 0 Å². The summed E-state index contributed by atoms with van der Waals surface area (Å²) in [7, 11) is 0. The van der Waals surface area contributed by atoms with Gasteiger partial charge in [0.2, 0.25) is 0 Å². The Labute approximate surface area is 104 Å². The Bertz CT molecular complexity index is 417. The predicted octanol–water partition coefficient (Wildman–Crippen LogP) is 2.29. The summed E-state index contributed by atoms with van der Waals surface area (Å²) in [5, 5.41) is 0. The SMILES string of the molecule is [CH3][Sn][c]1ccc(C2C=CC(C=O)=CC2)s1. The molecule has 2 radical (unpaired) electrons. The average Bonchev–Trinajstić information content (AvgIpc) is 2.78. The van der Waals surface area contributed by atoms with Crippen LogP contribution in [0.4, 0.5) is 0 Å². The van der Waals surface area contributed by atoms with Crippen LogP contribution in [0.3, 0.4) is 0 Å². The van der Waals surface area contributed by atoms with E-state index in [1.165, 1.54) is 4.88 Å². The van der Waals surface area contributed by atoms with Crippen molar-refractivity contribution in [3.05, 3.63) is 40.8 Å². The Morgan fingerprint density at radius 2 is 2.40 bits per heavy atom. The van der Waals surface area contributed by atoms with E-state index in [1.54, 1.807) is 2.89 Å². The zero-order valence-corrected chi connectivity index (χ0v) is 12.2. The second-order valence-corrected chi connectivity index (χ2v) is 8.59. The molecule has 1 unspecified atom stereocenters. The fourth-order valence-electron chi connectivity index (χ4n) is 1.62. The van der Waals surface area contributed by atoms with Gasteiger partial charge in [-0.25, -0.2) is 0 Å². The van der Waals surface area contributed by atoms with Crippen LogP contribution in [0.25, 0.3) is 0 Å². The number of aldehydes is 1. The van der Waals surface area contributed by atoms with Crippen LogP contribution in [-0.4, -0.2) is 27.4 Å². The molecule has 0 N–H and O–H groups in total. The summed E-state index contributed by atoms with van der Waals surface area (Å²) in [4.78, 5) is 14.3. The summed E-state index contributed by atoms with van der Waals surface area (Å²) >= 11 is 1.69. The first kappa shape index (κ1) is 11.1. The van der Waals surface area contributed by atoms with Gasteiger partial charge >= 0.3 is 105 Å². The molecular weight excluding hydrogens is 311 g/mol. The van der Waals surface area contributed by atoms with Crippen molar-refractivity contribution in [3.8, 4) is 0 Å². The van der Waals surface area contributed by atoms with Gasteiger partial charge in [-0.15, -0.1) is 0 Å². The molecule has 0 saturated carbocycles. The number of rotatable bonds is 3. The van der Waals surface area contributed by atoms with E-state index < -0.39 is 0 Å². The second-order valence-electron chi connectivity index (χ2n) is 3.48. The topological polar surface area (TPSA) is 17.1 Å². The van der Waals surface area contributed by atoms with Gasteiger partial charge in [-0.3, -0.25) is 0 Å². The summed E-state index contributed by atoms with van der Waals surface area (Å²) < 4.78 is 1.60. The van der Waals surface area contributed by atoms with Gasteiger partial charge in [-0.1, -0.05) is 0 Å². The van der Waals surface area contributed by atoms with Crippen LogP contribution >= 0.6 is 11.3 Å². The van der Waals surface area contributed by atoms with Gasteiger partial charge in [0, 0.05) is 0 Å². The van der Waals surface area contributed by atoms with Gasteiger partial charge in [-0.2, -0.15) is 0 Å². The third-order valence-corrected chi connectivity index (χ3v) is 7.66.